The Bertz CT molecular complexity index is 1520. The first-order chi connectivity index (χ1) is 18.9. The number of anilines is 2. The Kier molecular flexibility index (Phi) is 7.70. The summed E-state index contributed by atoms with van der Waals surface area (Å²) < 4.78 is 15.8. The molecule has 8 heteroatoms. The average molecular weight is 545 g/mol. The number of benzene rings is 3. The van der Waals surface area contributed by atoms with Crippen molar-refractivity contribution in [3.05, 3.63) is 113 Å². The molecule has 0 spiro atoms. The predicted octanol–water partition coefficient (Wildman–Crippen LogP) is 7.35. The number of unbranched alkanes of at least 4 members (excludes halogenated alkanes) is 1. The molecule has 0 radical (unpaired) electrons. The van der Waals surface area contributed by atoms with Gasteiger partial charge in [-0.05, 0) is 61.4 Å². The molecule has 1 unspecified atom stereocenters. The molecule has 3 amide bonds. The fraction of sp³-hybridized carbons (Fsp3) is 0.226. The summed E-state index contributed by atoms with van der Waals surface area (Å²) in [5, 5.41) is 2.68. The molecule has 0 saturated heterocycles. The van der Waals surface area contributed by atoms with Crippen molar-refractivity contribution in [2.24, 2.45) is 0 Å². The standard InChI is InChI=1S/C31H30ClFN4O2/c1-3-4-16-35(31(39)34-23-14-15-25(33)24(32)19-23)20-29(38)37-27-12-6-5-11-26(27)36-17-8-13-28(36)30(37)22-10-7-9-21(2)18-22/h5-15,17-19,30H,3-4,16,20H2,1-2H3,(H,34,39). The highest BCUT2D eigenvalue weighted by Crippen LogP contribution is 2.42. The Labute approximate surface area is 232 Å². The van der Waals surface area contributed by atoms with Crippen molar-refractivity contribution >= 4 is 34.9 Å². The van der Waals surface area contributed by atoms with Crippen LogP contribution in [0.1, 0.15) is 42.6 Å². The maximum atomic E-state index is 14.2. The topological polar surface area (TPSA) is 57.6 Å². The molecule has 3 aromatic carbocycles. The van der Waals surface area contributed by atoms with E-state index in [1.165, 1.54) is 23.1 Å². The van der Waals surface area contributed by atoms with Crippen molar-refractivity contribution in [2.45, 2.75) is 32.7 Å². The Balaban J connectivity index is 1.50. The molecule has 200 valence electrons. The van der Waals surface area contributed by atoms with Crippen molar-refractivity contribution in [1.29, 1.82) is 0 Å². The van der Waals surface area contributed by atoms with Gasteiger partial charge in [0.25, 0.3) is 0 Å². The van der Waals surface area contributed by atoms with Crippen molar-refractivity contribution in [3.63, 3.8) is 0 Å². The van der Waals surface area contributed by atoms with Gasteiger partial charge in [-0.2, -0.15) is 0 Å². The summed E-state index contributed by atoms with van der Waals surface area (Å²) in [6, 6.07) is 23.2. The van der Waals surface area contributed by atoms with Crippen LogP contribution >= 0.6 is 11.6 Å². The molecule has 1 N–H and O–H groups in total. The van der Waals surface area contributed by atoms with Gasteiger partial charge in [-0.25, -0.2) is 9.18 Å². The monoisotopic (exact) mass is 544 g/mol. The highest BCUT2D eigenvalue weighted by molar-refractivity contribution is 6.31. The molecular formula is C31H30ClFN4O2. The lowest BCUT2D eigenvalue weighted by atomic mass is 9.96. The van der Waals surface area contributed by atoms with Crippen LogP contribution in [0.4, 0.5) is 20.6 Å². The van der Waals surface area contributed by atoms with Gasteiger partial charge < -0.3 is 14.8 Å². The number of halogens is 2. The Morgan fingerprint density at radius 1 is 1.00 bits per heavy atom. The number of carbonyl (C=O) groups excluding carboxylic acids is 2. The molecule has 1 aliphatic heterocycles. The first kappa shape index (κ1) is 26.5. The fourth-order valence-electron chi connectivity index (χ4n) is 5.03. The predicted molar refractivity (Wildman–Crippen MR) is 153 cm³/mol. The van der Waals surface area contributed by atoms with Crippen molar-refractivity contribution in [3.8, 4) is 5.69 Å². The van der Waals surface area contributed by atoms with E-state index in [4.69, 9.17) is 11.6 Å². The summed E-state index contributed by atoms with van der Waals surface area (Å²) in [6.07, 6.45) is 3.59. The molecule has 2 heterocycles. The average Bonchev–Trinajstić information content (AvgIpc) is 3.42. The largest absolute Gasteiger partial charge is 0.322 e. The molecule has 1 aromatic heterocycles. The van der Waals surface area contributed by atoms with E-state index in [0.717, 1.165) is 41.0 Å². The van der Waals surface area contributed by atoms with E-state index in [2.05, 4.69) is 16.0 Å². The van der Waals surface area contributed by atoms with E-state index >= 15 is 0 Å². The van der Waals surface area contributed by atoms with Gasteiger partial charge in [0.2, 0.25) is 5.91 Å². The Morgan fingerprint density at radius 2 is 1.79 bits per heavy atom. The van der Waals surface area contributed by atoms with Crippen LogP contribution in [-0.4, -0.2) is 34.5 Å². The Morgan fingerprint density at radius 3 is 2.54 bits per heavy atom. The number of aryl methyl sites for hydroxylation is 1. The van der Waals surface area contributed by atoms with Crippen molar-refractivity contribution in [2.75, 3.05) is 23.3 Å². The summed E-state index contributed by atoms with van der Waals surface area (Å²) in [4.78, 5) is 30.9. The molecule has 0 saturated carbocycles. The molecule has 6 nitrogen and oxygen atoms in total. The van der Waals surface area contributed by atoms with Gasteiger partial charge in [-0.15, -0.1) is 0 Å². The number of amides is 3. The number of carbonyl (C=O) groups is 2. The van der Waals surface area contributed by atoms with Crippen LogP contribution < -0.4 is 10.2 Å². The molecule has 0 bridgehead atoms. The number of urea groups is 1. The van der Waals surface area contributed by atoms with Gasteiger partial charge in [0.15, 0.2) is 0 Å². The third-order valence-corrected chi connectivity index (χ3v) is 7.20. The zero-order valence-electron chi connectivity index (χ0n) is 21.9. The number of nitrogens with one attached hydrogen (secondary N) is 1. The van der Waals surface area contributed by atoms with E-state index in [0.29, 0.717) is 12.2 Å². The number of hydrogen-bond acceptors (Lipinski definition) is 2. The molecule has 4 aromatic rings. The highest BCUT2D eigenvalue weighted by Gasteiger charge is 2.37. The van der Waals surface area contributed by atoms with E-state index in [-0.39, 0.29) is 23.5 Å². The zero-order chi connectivity index (χ0) is 27.5. The number of aromatic nitrogens is 1. The van der Waals surface area contributed by atoms with Gasteiger partial charge >= 0.3 is 6.03 Å². The van der Waals surface area contributed by atoms with Gasteiger partial charge in [0.05, 0.1) is 22.1 Å². The third kappa shape index (κ3) is 5.40. The summed E-state index contributed by atoms with van der Waals surface area (Å²) in [5.74, 6) is -0.770. The summed E-state index contributed by atoms with van der Waals surface area (Å²) in [7, 11) is 0. The molecule has 1 aliphatic rings. The van der Waals surface area contributed by atoms with Gasteiger partial charge in [0, 0.05) is 18.4 Å². The van der Waals surface area contributed by atoms with Crippen LogP contribution in [0.25, 0.3) is 5.69 Å². The lowest BCUT2D eigenvalue weighted by molar-refractivity contribution is -0.119. The first-order valence-electron chi connectivity index (χ1n) is 13.0. The minimum atomic E-state index is -0.566. The second-order valence-electron chi connectivity index (χ2n) is 9.71. The van der Waals surface area contributed by atoms with Gasteiger partial charge in [-0.3, -0.25) is 9.69 Å². The van der Waals surface area contributed by atoms with E-state index in [9.17, 15) is 14.0 Å². The number of fused-ring (bicyclic) bond motifs is 3. The molecule has 0 aliphatic carbocycles. The second-order valence-corrected chi connectivity index (χ2v) is 10.1. The van der Waals surface area contributed by atoms with Gasteiger partial charge in [-0.1, -0.05) is 66.9 Å². The lowest BCUT2D eigenvalue weighted by Crippen LogP contribution is -2.48. The SMILES string of the molecule is CCCCN(CC(=O)N1c2ccccc2-n2cccc2C1c1cccc(C)c1)C(=O)Nc1ccc(F)c(Cl)c1. The van der Waals surface area contributed by atoms with Crippen molar-refractivity contribution < 1.29 is 14.0 Å². The highest BCUT2D eigenvalue weighted by atomic mass is 35.5. The van der Waals surface area contributed by atoms with E-state index < -0.39 is 11.8 Å². The number of nitrogens with zero attached hydrogens (tertiary/aromatic N) is 3. The maximum Gasteiger partial charge on any atom is 0.322 e. The minimum Gasteiger partial charge on any atom is -0.316 e. The number of rotatable bonds is 7. The second kappa shape index (κ2) is 11.3. The maximum absolute atomic E-state index is 14.2. The Hall–Kier alpha value is -4.10. The smallest absolute Gasteiger partial charge is 0.316 e. The van der Waals surface area contributed by atoms with Gasteiger partial charge in [0.1, 0.15) is 18.4 Å². The number of hydrogen-bond donors (Lipinski definition) is 1. The molecule has 5 rings (SSSR count). The quantitative estimate of drug-likeness (QED) is 0.264. The van der Waals surface area contributed by atoms with Crippen LogP contribution in [0.3, 0.4) is 0 Å². The summed E-state index contributed by atoms with van der Waals surface area (Å²) >= 11 is 5.91. The van der Waals surface area contributed by atoms with Crippen LogP contribution in [0.5, 0.6) is 0 Å². The van der Waals surface area contributed by atoms with Crippen LogP contribution in [0.2, 0.25) is 5.02 Å². The normalized spacial score (nSPS) is 13.9. The van der Waals surface area contributed by atoms with Crippen molar-refractivity contribution in [1.82, 2.24) is 9.47 Å². The summed E-state index contributed by atoms with van der Waals surface area (Å²) in [6.45, 7) is 4.33. The van der Waals surface area contributed by atoms with Crippen LogP contribution in [0, 0.1) is 12.7 Å². The van der Waals surface area contributed by atoms with Crippen LogP contribution in [-0.2, 0) is 4.79 Å². The number of para-hydroxylation sites is 2. The first-order valence-corrected chi connectivity index (χ1v) is 13.4. The zero-order valence-corrected chi connectivity index (χ0v) is 22.7. The molecule has 39 heavy (non-hydrogen) atoms. The van der Waals surface area contributed by atoms with E-state index in [1.807, 2.05) is 74.6 Å². The van der Waals surface area contributed by atoms with E-state index in [1.54, 1.807) is 4.90 Å². The lowest BCUT2D eigenvalue weighted by Gasteiger charge is -2.39. The minimum absolute atomic E-state index is 0.0853. The summed E-state index contributed by atoms with van der Waals surface area (Å²) in [5.41, 5.74) is 5.10. The molecular weight excluding hydrogens is 515 g/mol. The molecule has 0 fully saturated rings. The fourth-order valence-corrected chi connectivity index (χ4v) is 5.22. The molecule has 1 atom stereocenters. The third-order valence-electron chi connectivity index (χ3n) is 6.91. The van der Waals surface area contributed by atoms with Crippen LogP contribution in [0.15, 0.2) is 85.1 Å².